The van der Waals surface area contributed by atoms with E-state index in [9.17, 15) is 27.5 Å². The maximum absolute atomic E-state index is 14.0. The van der Waals surface area contributed by atoms with Gasteiger partial charge in [0.2, 0.25) is 5.91 Å². The van der Waals surface area contributed by atoms with Gasteiger partial charge in [0, 0.05) is 24.7 Å². The van der Waals surface area contributed by atoms with Gasteiger partial charge in [-0.1, -0.05) is 18.2 Å². The van der Waals surface area contributed by atoms with E-state index in [1.54, 1.807) is 41.8 Å². The molecule has 0 aliphatic carbocycles. The monoisotopic (exact) mass is 488 g/mol. The van der Waals surface area contributed by atoms with E-state index in [4.69, 9.17) is 4.74 Å². The van der Waals surface area contributed by atoms with E-state index in [1.165, 1.54) is 31.4 Å². The zero-order valence-corrected chi connectivity index (χ0v) is 19.7. The van der Waals surface area contributed by atoms with Crippen molar-refractivity contribution in [1.29, 1.82) is 0 Å². The average Bonchev–Trinajstić information content (AvgIpc) is 3.08. The van der Waals surface area contributed by atoms with Gasteiger partial charge in [-0.25, -0.2) is 17.6 Å². The van der Waals surface area contributed by atoms with E-state index in [-0.39, 0.29) is 17.9 Å². The summed E-state index contributed by atoms with van der Waals surface area (Å²) in [5.74, 6) is -2.16. The molecule has 2 aromatic carbocycles. The molecule has 0 aliphatic rings. The third kappa shape index (κ3) is 5.70. The summed E-state index contributed by atoms with van der Waals surface area (Å²) in [6.45, 7) is 1.59. The van der Waals surface area contributed by atoms with Crippen molar-refractivity contribution in [3.63, 3.8) is 0 Å². The molecule has 3 aromatic rings. The van der Waals surface area contributed by atoms with Gasteiger partial charge in [-0.2, -0.15) is 0 Å². The minimum absolute atomic E-state index is 0.115. The van der Waals surface area contributed by atoms with E-state index in [0.29, 0.717) is 28.2 Å². The Bertz CT molecular complexity index is 1320. The number of ether oxygens (including phenoxy) is 1. The first-order chi connectivity index (χ1) is 16.0. The van der Waals surface area contributed by atoms with Crippen LogP contribution >= 0.6 is 0 Å². The van der Waals surface area contributed by atoms with Crippen LogP contribution in [0.3, 0.4) is 0 Å². The number of rotatable bonds is 9. The molecule has 1 amide bonds. The lowest BCUT2D eigenvalue weighted by Crippen LogP contribution is -2.44. The van der Waals surface area contributed by atoms with Gasteiger partial charge in [-0.05, 0) is 54.4 Å². The quantitative estimate of drug-likeness (QED) is 0.479. The number of carbonyl (C=O) groups is 2. The molecule has 180 valence electrons. The van der Waals surface area contributed by atoms with E-state index in [1.807, 2.05) is 0 Å². The SMILES string of the molecule is COC[C@@H](NC(=O)Cc1cc(-c2ccc(S(C)(=O)=O)cc2)n(-c2cccc(F)c2)c1C)C(=O)O. The largest absolute Gasteiger partial charge is 0.480 e. The Kier molecular flexibility index (Phi) is 7.53. The highest BCUT2D eigenvalue weighted by Gasteiger charge is 2.22. The molecule has 3 rings (SSSR count). The van der Waals surface area contributed by atoms with Crippen molar-refractivity contribution in [3.05, 3.63) is 71.7 Å². The van der Waals surface area contributed by atoms with Crippen LogP contribution < -0.4 is 5.32 Å². The average molecular weight is 489 g/mol. The second-order valence-electron chi connectivity index (χ2n) is 7.84. The Morgan fingerprint density at radius 1 is 1.15 bits per heavy atom. The standard InChI is InChI=1S/C24H25FN2O6S/c1-15-17(12-23(28)26-21(14-33-2)24(29)30)11-22(27(15)19-6-4-5-18(25)13-19)16-7-9-20(10-8-16)34(3,31)32/h4-11,13,21H,12,14H2,1-3H3,(H,26,28)(H,29,30)/t21-/m1/s1. The van der Waals surface area contributed by atoms with Crippen LogP contribution in [0.15, 0.2) is 59.5 Å². The van der Waals surface area contributed by atoms with Crippen LogP contribution in [-0.4, -0.2) is 56.0 Å². The summed E-state index contributed by atoms with van der Waals surface area (Å²) in [5, 5.41) is 11.7. The Hall–Kier alpha value is -3.50. The predicted molar refractivity (Wildman–Crippen MR) is 124 cm³/mol. The number of hydrogen-bond donors (Lipinski definition) is 2. The summed E-state index contributed by atoms with van der Waals surface area (Å²) >= 11 is 0. The Labute approximate surface area is 196 Å². The maximum Gasteiger partial charge on any atom is 0.328 e. The van der Waals surface area contributed by atoms with Crippen LogP contribution in [0.4, 0.5) is 4.39 Å². The number of sulfone groups is 1. The summed E-state index contributed by atoms with van der Waals surface area (Å²) in [5.41, 5.74) is 3.06. The maximum atomic E-state index is 14.0. The summed E-state index contributed by atoms with van der Waals surface area (Å²) < 4.78 is 44.3. The number of aromatic nitrogens is 1. The Morgan fingerprint density at radius 2 is 1.82 bits per heavy atom. The molecule has 0 saturated carbocycles. The van der Waals surface area contributed by atoms with Crippen molar-refractivity contribution < 1.29 is 32.2 Å². The molecule has 0 fully saturated rings. The van der Waals surface area contributed by atoms with E-state index in [2.05, 4.69) is 5.32 Å². The van der Waals surface area contributed by atoms with Crippen molar-refractivity contribution in [2.45, 2.75) is 24.3 Å². The van der Waals surface area contributed by atoms with E-state index < -0.39 is 33.6 Å². The molecule has 10 heteroatoms. The highest BCUT2D eigenvalue weighted by molar-refractivity contribution is 7.90. The minimum Gasteiger partial charge on any atom is -0.480 e. The Balaban J connectivity index is 2.04. The van der Waals surface area contributed by atoms with E-state index in [0.717, 1.165) is 6.26 Å². The number of carbonyl (C=O) groups excluding carboxylic acids is 1. The number of nitrogens with one attached hydrogen (secondary N) is 1. The molecular formula is C24H25FN2O6S. The number of aliphatic carboxylic acids is 1. The van der Waals surface area contributed by atoms with Gasteiger partial charge in [-0.3, -0.25) is 4.79 Å². The fourth-order valence-electron chi connectivity index (χ4n) is 3.63. The number of halogens is 1. The smallest absolute Gasteiger partial charge is 0.328 e. The number of carboxylic acid groups (broad SMARTS) is 1. The van der Waals surface area contributed by atoms with Gasteiger partial charge in [0.05, 0.1) is 23.6 Å². The van der Waals surface area contributed by atoms with Crippen molar-refractivity contribution in [2.24, 2.45) is 0 Å². The topological polar surface area (TPSA) is 115 Å². The molecule has 1 aromatic heterocycles. The van der Waals surface area contributed by atoms with Gasteiger partial charge in [0.1, 0.15) is 5.82 Å². The molecule has 2 N–H and O–H groups in total. The highest BCUT2D eigenvalue weighted by atomic mass is 32.2. The summed E-state index contributed by atoms with van der Waals surface area (Å²) in [6.07, 6.45) is 1.00. The zero-order chi connectivity index (χ0) is 25.0. The van der Waals surface area contributed by atoms with Crippen molar-refractivity contribution in [3.8, 4) is 16.9 Å². The van der Waals surface area contributed by atoms with Crippen molar-refractivity contribution in [1.82, 2.24) is 9.88 Å². The number of amides is 1. The lowest BCUT2D eigenvalue weighted by atomic mass is 10.1. The third-order valence-electron chi connectivity index (χ3n) is 5.31. The van der Waals surface area contributed by atoms with Gasteiger partial charge in [0.25, 0.3) is 0 Å². The fraction of sp³-hybridized carbons (Fsp3) is 0.250. The first-order valence-electron chi connectivity index (χ1n) is 10.3. The number of carboxylic acids is 1. The summed E-state index contributed by atoms with van der Waals surface area (Å²) in [6, 6.07) is 12.8. The minimum atomic E-state index is -3.38. The normalized spacial score (nSPS) is 12.4. The molecule has 0 bridgehead atoms. The molecule has 1 heterocycles. The second-order valence-corrected chi connectivity index (χ2v) is 9.86. The molecule has 0 spiro atoms. The van der Waals surface area contributed by atoms with E-state index >= 15 is 0 Å². The second kappa shape index (κ2) is 10.2. The first-order valence-corrected chi connectivity index (χ1v) is 12.2. The predicted octanol–water partition coefficient (Wildman–Crippen LogP) is 2.75. The van der Waals surface area contributed by atoms with Crippen LogP contribution in [0.2, 0.25) is 0 Å². The number of nitrogens with zero attached hydrogens (tertiary/aromatic N) is 1. The summed E-state index contributed by atoms with van der Waals surface area (Å²) in [7, 11) is -2.04. The summed E-state index contributed by atoms with van der Waals surface area (Å²) in [4.78, 5) is 24.1. The molecule has 0 aliphatic heterocycles. The first kappa shape index (κ1) is 25.1. The van der Waals surface area contributed by atoms with Gasteiger partial charge in [0.15, 0.2) is 15.9 Å². The molecule has 1 atom stereocenters. The van der Waals surface area contributed by atoms with Crippen molar-refractivity contribution in [2.75, 3.05) is 20.0 Å². The van der Waals surface area contributed by atoms with Gasteiger partial charge < -0.3 is 19.7 Å². The zero-order valence-electron chi connectivity index (χ0n) is 18.9. The lowest BCUT2D eigenvalue weighted by Gasteiger charge is -2.14. The molecule has 0 unspecified atom stereocenters. The van der Waals surface area contributed by atoms with Crippen LogP contribution in [0.5, 0.6) is 0 Å². The molecule has 8 nitrogen and oxygen atoms in total. The number of benzene rings is 2. The lowest BCUT2D eigenvalue weighted by molar-refractivity contribution is -0.143. The van der Waals surface area contributed by atoms with Crippen LogP contribution in [0, 0.1) is 12.7 Å². The highest BCUT2D eigenvalue weighted by Crippen LogP contribution is 2.31. The Morgan fingerprint density at radius 3 is 2.38 bits per heavy atom. The fourth-order valence-corrected chi connectivity index (χ4v) is 4.26. The third-order valence-corrected chi connectivity index (χ3v) is 6.44. The van der Waals surface area contributed by atoms with Gasteiger partial charge >= 0.3 is 5.97 Å². The number of hydrogen-bond acceptors (Lipinski definition) is 5. The molecule has 0 radical (unpaired) electrons. The van der Waals surface area contributed by atoms with Crippen LogP contribution in [-0.2, 0) is 30.6 Å². The van der Waals surface area contributed by atoms with Crippen molar-refractivity contribution >= 4 is 21.7 Å². The number of methoxy groups -OCH3 is 1. The van der Waals surface area contributed by atoms with Crippen LogP contribution in [0.1, 0.15) is 11.3 Å². The molecule has 0 saturated heterocycles. The molecular weight excluding hydrogens is 463 g/mol. The van der Waals surface area contributed by atoms with Gasteiger partial charge in [-0.15, -0.1) is 0 Å². The molecule has 34 heavy (non-hydrogen) atoms. The van der Waals surface area contributed by atoms with Crippen LogP contribution in [0.25, 0.3) is 16.9 Å².